The van der Waals surface area contributed by atoms with Gasteiger partial charge in [0.05, 0.1) is 33.6 Å². The summed E-state index contributed by atoms with van der Waals surface area (Å²) in [6.45, 7) is 5.90. The fourth-order valence-electron chi connectivity index (χ4n) is 5.46. The van der Waals surface area contributed by atoms with E-state index in [0.717, 1.165) is 58.6 Å². The van der Waals surface area contributed by atoms with E-state index in [4.69, 9.17) is 20.2 Å². The minimum atomic E-state index is -4.32. The van der Waals surface area contributed by atoms with Crippen LogP contribution in [0.4, 0.5) is 5.82 Å². The van der Waals surface area contributed by atoms with Gasteiger partial charge >= 0.3 is 0 Å². The van der Waals surface area contributed by atoms with Crippen molar-refractivity contribution in [1.29, 1.82) is 0 Å². The van der Waals surface area contributed by atoms with E-state index in [-0.39, 0.29) is 16.4 Å². The van der Waals surface area contributed by atoms with Crippen molar-refractivity contribution in [1.82, 2.24) is 14.7 Å². The van der Waals surface area contributed by atoms with Gasteiger partial charge in [-0.1, -0.05) is 30.3 Å². The highest BCUT2D eigenvalue weighted by molar-refractivity contribution is 7.90. The fraction of sp³-hybridized carbons (Fsp3) is 0.281. The van der Waals surface area contributed by atoms with Crippen molar-refractivity contribution in [3.8, 4) is 16.3 Å². The molecule has 1 aliphatic rings. The molecule has 43 heavy (non-hydrogen) atoms. The summed E-state index contributed by atoms with van der Waals surface area (Å²) in [6.07, 6.45) is 2.82. The summed E-state index contributed by atoms with van der Waals surface area (Å²) in [4.78, 5) is 23.7. The van der Waals surface area contributed by atoms with E-state index in [1.165, 1.54) is 18.2 Å². The van der Waals surface area contributed by atoms with Crippen LogP contribution in [0.25, 0.3) is 31.6 Å². The predicted molar refractivity (Wildman–Crippen MR) is 169 cm³/mol. The number of fused-ring (bicyclic) bond motifs is 2. The molecule has 0 aliphatic carbocycles. The van der Waals surface area contributed by atoms with Crippen molar-refractivity contribution >= 4 is 54.1 Å². The second-order valence-electron chi connectivity index (χ2n) is 10.7. The van der Waals surface area contributed by atoms with Crippen molar-refractivity contribution in [3.63, 3.8) is 0 Å². The van der Waals surface area contributed by atoms with Gasteiger partial charge in [0.1, 0.15) is 11.6 Å². The molecular formula is C32H32N4O5S2. The van der Waals surface area contributed by atoms with Crippen LogP contribution in [0.2, 0.25) is 0 Å². The number of ether oxygens (including phenoxy) is 2. The van der Waals surface area contributed by atoms with Gasteiger partial charge in [0.15, 0.2) is 5.03 Å². The van der Waals surface area contributed by atoms with Crippen LogP contribution in [0.1, 0.15) is 40.7 Å². The standard InChI is InChI=1S/C32H32N4O5S2/c1-19-10-11-25(41-17-14-21-12-15-40-16-13-21)29-23(32(37)36-43(38,39)28-9-5-8-27(33)35-28)18-24(34-30(19)29)31-20(2)22-6-3-4-7-26(22)42-31/h3-11,18,21H,12-17H2,1-2H3,(H2,33,35)(H,36,37). The van der Waals surface area contributed by atoms with Gasteiger partial charge in [0.25, 0.3) is 15.9 Å². The van der Waals surface area contributed by atoms with Crippen LogP contribution in [-0.2, 0) is 14.8 Å². The molecule has 1 amide bonds. The Balaban J connectivity index is 1.46. The number of nitrogens with one attached hydrogen (secondary N) is 1. The van der Waals surface area contributed by atoms with Gasteiger partial charge in [-0.15, -0.1) is 11.3 Å². The van der Waals surface area contributed by atoms with Crippen LogP contribution in [0, 0.1) is 19.8 Å². The number of rotatable bonds is 8. The Bertz CT molecular complexity index is 1950. The summed E-state index contributed by atoms with van der Waals surface area (Å²) >= 11 is 1.58. The van der Waals surface area contributed by atoms with E-state index < -0.39 is 15.9 Å². The molecule has 9 nitrogen and oxygen atoms in total. The number of nitrogens with two attached hydrogens (primary N) is 1. The number of aromatic nitrogens is 2. The number of amides is 1. The number of nitrogens with zero attached hydrogens (tertiary/aromatic N) is 2. The molecular weight excluding hydrogens is 585 g/mol. The van der Waals surface area contributed by atoms with E-state index in [9.17, 15) is 13.2 Å². The van der Waals surface area contributed by atoms with Gasteiger partial charge in [-0.3, -0.25) is 4.79 Å². The number of nitrogen functional groups attached to an aromatic ring is 1. The summed E-state index contributed by atoms with van der Waals surface area (Å²) in [5.41, 5.74) is 8.89. The summed E-state index contributed by atoms with van der Waals surface area (Å²) in [5.74, 6) is 0.203. The first kappa shape index (κ1) is 29.0. The van der Waals surface area contributed by atoms with E-state index in [0.29, 0.717) is 34.9 Å². The normalized spacial score (nSPS) is 14.3. The number of aryl methyl sites for hydroxylation is 2. The number of pyridine rings is 2. The van der Waals surface area contributed by atoms with Crippen molar-refractivity contribution in [2.24, 2.45) is 5.92 Å². The monoisotopic (exact) mass is 616 g/mol. The third-order valence-electron chi connectivity index (χ3n) is 7.82. The molecule has 11 heteroatoms. The predicted octanol–water partition coefficient (Wildman–Crippen LogP) is 6.02. The molecule has 0 spiro atoms. The minimum absolute atomic E-state index is 0.0306. The van der Waals surface area contributed by atoms with Crippen LogP contribution in [-0.4, -0.2) is 44.1 Å². The number of sulfonamides is 1. The molecule has 5 aromatic rings. The molecule has 1 aliphatic heterocycles. The van der Waals surface area contributed by atoms with E-state index >= 15 is 0 Å². The summed E-state index contributed by atoms with van der Waals surface area (Å²) in [6, 6.07) is 17.7. The molecule has 6 rings (SSSR count). The lowest BCUT2D eigenvalue weighted by Gasteiger charge is -2.22. The lowest BCUT2D eigenvalue weighted by Crippen LogP contribution is -2.31. The number of anilines is 1. The van der Waals surface area contributed by atoms with Crippen LogP contribution >= 0.6 is 11.3 Å². The summed E-state index contributed by atoms with van der Waals surface area (Å²) in [5, 5.41) is 1.22. The maximum Gasteiger partial charge on any atom is 0.281 e. The zero-order valence-corrected chi connectivity index (χ0v) is 25.6. The molecule has 222 valence electrons. The van der Waals surface area contributed by atoms with E-state index in [1.54, 1.807) is 17.4 Å². The lowest BCUT2D eigenvalue weighted by atomic mass is 9.97. The highest BCUT2D eigenvalue weighted by atomic mass is 32.2. The summed E-state index contributed by atoms with van der Waals surface area (Å²) < 4.78 is 41.5. The van der Waals surface area contributed by atoms with Crippen LogP contribution < -0.4 is 15.2 Å². The first-order valence-electron chi connectivity index (χ1n) is 14.1. The number of carbonyl (C=O) groups is 1. The second-order valence-corrected chi connectivity index (χ2v) is 13.4. The SMILES string of the molecule is Cc1c(-c2cc(C(=O)NS(=O)(=O)c3cccc(N)n3)c3c(OCCC4CCOCC4)ccc(C)c3n2)sc2ccccc12. The topological polar surface area (TPSA) is 134 Å². The molecule has 0 atom stereocenters. The molecule has 2 aromatic carbocycles. The average molecular weight is 617 g/mol. The quantitative estimate of drug-likeness (QED) is 0.216. The van der Waals surface area contributed by atoms with Crippen molar-refractivity contribution in [2.45, 2.75) is 38.1 Å². The number of benzene rings is 2. The van der Waals surface area contributed by atoms with Gasteiger partial charge < -0.3 is 15.2 Å². The second kappa shape index (κ2) is 11.9. The fourth-order valence-corrected chi connectivity index (χ4v) is 7.57. The van der Waals surface area contributed by atoms with Crippen molar-refractivity contribution < 1.29 is 22.7 Å². The summed E-state index contributed by atoms with van der Waals surface area (Å²) in [7, 11) is -4.32. The van der Waals surface area contributed by atoms with Crippen molar-refractivity contribution in [2.75, 3.05) is 25.6 Å². The largest absolute Gasteiger partial charge is 0.493 e. The minimum Gasteiger partial charge on any atom is -0.493 e. The van der Waals surface area contributed by atoms with Gasteiger partial charge in [0.2, 0.25) is 0 Å². The van der Waals surface area contributed by atoms with E-state index in [2.05, 4.69) is 15.8 Å². The van der Waals surface area contributed by atoms with Crippen LogP contribution in [0.15, 0.2) is 65.7 Å². The Morgan fingerprint density at radius 1 is 1.07 bits per heavy atom. The Labute approximate surface area is 254 Å². The maximum absolute atomic E-state index is 13.9. The number of hydrogen-bond donors (Lipinski definition) is 2. The van der Waals surface area contributed by atoms with Crippen LogP contribution in [0.3, 0.4) is 0 Å². The highest BCUT2D eigenvalue weighted by Gasteiger charge is 2.26. The molecule has 1 saturated heterocycles. The van der Waals surface area contributed by atoms with Crippen LogP contribution in [0.5, 0.6) is 5.75 Å². The smallest absolute Gasteiger partial charge is 0.281 e. The molecule has 0 radical (unpaired) electrons. The molecule has 0 unspecified atom stereocenters. The number of carbonyl (C=O) groups excluding carboxylic acids is 1. The highest BCUT2D eigenvalue weighted by Crippen LogP contribution is 2.40. The molecule has 4 heterocycles. The Morgan fingerprint density at radius 2 is 1.86 bits per heavy atom. The zero-order chi connectivity index (χ0) is 30.1. The molecule has 1 fully saturated rings. The molecule has 0 saturated carbocycles. The number of thiophene rings is 1. The third-order valence-corrected chi connectivity index (χ3v) is 10.3. The van der Waals surface area contributed by atoms with Gasteiger partial charge in [0, 0.05) is 17.9 Å². The van der Waals surface area contributed by atoms with Gasteiger partial charge in [-0.25, -0.2) is 14.7 Å². The maximum atomic E-state index is 13.9. The van der Waals surface area contributed by atoms with Gasteiger partial charge in [-0.05, 0) is 85.9 Å². The molecule has 0 bridgehead atoms. The lowest BCUT2D eigenvalue weighted by molar-refractivity contribution is 0.0594. The average Bonchev–Trinajstić information content (AvgIpc) is 3.34. The Hall–Kier alpha value is -4.06. The number of hydrogen-bond acceptors (Lipinski definition) is 9. The zero-order valence-electron chi connectivity index (χ0n) is 23.9. The Kier molecular flexibility index (Phi) is 8.04. The third kappa shape index (κ3) is 5.93. The van der Waals surface area contributed by atoms with Crippen molar-refractivity contribution in [3.05, 3.63) is 77.4 Å². The molecule has 3 N–H and O–H groups in total. The molecule has 3 aromatic heterocycles. The first-order valence-corrected chi connectivity index (χ1v) is 16.4. The Morgan fingerprint density at radius 3 is 2.63 bits per heavy atom. The first-order chi connectivity index (χ1) is 20.7. The van der Waals surface area contributed by atoms with Gasteiger partial charge in [-0.2, -0.15) is 8.42 Å². The van der Waals surface area contributed by atoms with E-state index in [1.807, 2.05) is 44.2 Å².